The largest absolute Gasteiger partial charge is 0.490 e. The maximum atomic E-state index is 13.5. The van der Waals surface area contributed by atoms with Crippen molar-refractivity contribution in [3.63, 3.8) is 0 Å². The van der Waals surface area contributed by atoms with Crippen LogP contribution in [-0.2, 0) is 9.59 Å². The van der Waals surface area contributed by atoms with Crippen molar-refractivity contribution >= 4 is 39.3 Å². The molecule has 1 fully saturated rings. The van der Waals surface area contributed by atoms with Gasteiger partial charge >= 0.3 is 24.3 Å². The number of aliphatic carboxylic acids is 2. The van der Waals surface area contributed by atoms with Gasteiger partial charge in [-0.05, 0) is 19.5 Å². The van der Waals surface area contributed by atoms with Crippen LogP contribution in [-0.4, -0.2) is 87.1 Å². The number of pyridine rings is 1. The van der Waals surface area contributed by atoms with Gasteiger partial charge in [-0.3, -0.25) is 0 Å². The molecule has 1 aliphatic rings. The van der Waals surface area contributed by atoms with E-state index in [1.165, 1.54) is 0 Å². The Morgan fingerprint density at radius 3 is 1.97 bits per heavy atom. The minimum Gasteiger partial charge on any atom is -0.475 e. The highest BCUT2D eigenvalue weighted by Gasteiger charge is 2.38. The standard InChI is InChI=1S/C18H20FN5S.2C2HF3O2/c1-3-23-4-6-24(7-5-23)17-15-14(10-25-18(15)22-11-21-17)13-8-12(2)16(19)20-9-13;2*3-2(4,5)1(6)7/h8-11H,3-7H2,1-2H3;2*(H,6,7). The first-order chi connectivity index (χ1) is 18.1. The van der Waals surface area contributed by atoms with E-state index in [1.807, 2.05) is 6.07 Å². The number of anilines is 1. The Kier molecular flexibility index (Phi) is 10.5. The van der Waals surface area contributed by atoms with Gasteiger partial charge in [-0.25, -0.2) is 24.5 Å². The third-order valence-corrected chi connectivity index (χ3v) is 6.17. The van der Waals surface area contributed by atoms with E-state index in [0.717, 1.165) is 59.9 Å². The monoisotopic (exact) mass is 585 g/mol. The van der Waals surface area contributed by atoms with Gasteiger partial charge in [-0.2, -0.15) is 30.7 Å². The molecule has 9 nitrogen and oxygen atoms in total. The van der Waals surface area contributed by atoms with Gasteiger partial charge in [0.1, 0.15) is 17.0 Å². The van der Waals surface area contributed by atoms with Crippen LogP contribution in [0.5, 0.6) is 0 Å². The van der Waals surface area contributed by atoms with Crippen molar-refractivity contribution in [3.05, 3.63) is 35.5 Å². The summed E-state index contributed by atoms with van der Waals surface area (Å²) in [6.45, 7) is 9.00. The van der Waals surface area contributed by atoms with Crippen molar-refractivity contribution in [1.29, 1.82) is 0 Å². The lowest BCUT2D eigenvalue weighted by Crippen LogP contribution is -2.46. The van der Waals surface area contributed by atoms with Crippen molar-refractivity contribution in [2.45, 2.75) is 26.2 Å². The third-order valence-electron chi connectivity index (χ3n) is 5.28. The van der Waals surface area contributed by atoms with Crippen LogP contribution in [0.15, 0.2) is 24.0 Å². The molecular formula is C22H22F7N5O4S. The van der Waals surface area contributed by atoms with Gasteiger partial charge in [0.15, 0.2) is 0 Å². The lowest BCUT2D eigenvalue weighted by atomic mass is 10.1. The normalized spacial score (nSPS) is 14.2. The van der Waals surface area contributed by atoms with Crippen LogP contribution in [0.25, 0.3) is 21.3 Å². The summed E-state index contributed by atoms with van der Waals surface area (Å²) in [5.74, 6) is -4.96. The highest BCUT2D eigenvalue weighted by molar-refractivity contribution is 7.17. The van der Waals surface area contributed by atoms with Crippen LogP contribution < -0.4 is 4.90 Å². The maximum absolute atomic E-state index is 13.5. The molecule has 1 aliphatic heterocycles. The molecule has 0 bridgehead atoms. The molecule has 0 spiro atoms. The average Bonchev–Trinajstić information content (AvgIpc) is 3.30. The Balaban J connectivity index is 0.000000317. The fourth-order valence-corrected chi connectivity index (χ4v) is 4.20. The summed E-state index contributed by atoms with van der Waals surface area (Å²) >= 11 is 1.59. The molecule has 0 radical (unpaired) electrons. The number of carboxylic acids is 2. The Hall–Kier alpha value is -3.60. The number of aryl methyl sites for hydroxylation is 1. The molecule has 3 aromatic rings. The summed E-state index contributed by atoms with van der Waals surface area (Å²) in [4.78, 5) is 36.4. The van der Waals surface area contributed by atoms with Crippen molar-refractivity contribution in [1.82, 2.24) is 19.9 Å². The molecule has 3 aromatic heterocycles. The van der Waals surface area contributed by atoms with E-state index in [2.05, 4.69) is 37.1 Å². The second-order valence-electron chi connectivity index (χ2n) is 7.89. The predicted octanol–water partition coefficient (Wildman–Crippen LogP) is 4.61. The van der Waals surface area contributed by atoms with Crippen LogP contribution in [0.2, 0.25) is 0 Å². The van der Waals surface area contributed by atoms with E-state index in [1.54, 1.807) is 30.8 Å². The zero-order chi connectivity index (χ0) is 29.5. The number of nitrogens with zero attached hydrogens (tertiary/aromatic N) is 5. The van der Waals surface area contributed by atoms with Gasteiger partial charge in [-0.1, -0.05) is 6.92 Å². The van der Waals surface area contributed by atoms with Crippen LogP contribution in [0, 0.1) is 12.9 Å². The molecule has 17 heteroatoms. The number of halogens is 7. The molecule has 0 unspecified atom stereocenters. The summed E-state index contributed by atoms with van der Waals surface area (Å²) < 4.78 is 77.0. The molecule has 0 aromatic carbocycles. The molecule has 0 aliphatic carbocycles. The summed E-state index contributed by atoms with van der Waals surface area (Å²) in [5.41, 5.74) is 2.49. The van der Waals surface area contributed by atoms with Crippen molar-refractivity contribution in [2.75, 3.05) is 37.6 Å². The Morgan fingerprint density at radius 2 is 1.51 bits per heavy atom. The number of hydrogen-bond donors (Lipinski definition) is 2. The molecule has 0 saturated carbocycles. The van der Waals surface area contributed by atoms with Gasteiger partial charge in [0.2, 0.25) is 5.95 Å². The topological polar surface area (TPSA) is 120 Å². The first-order valence-electron chi connectivity index (χ1n) is 11.0. The molecule has 4 heterocycles. The van der Waals surface area contributed by atoms with E-state index < -0.39 is 30.2 Å². The number of piperazine rings is 1. The third kappa shape index (κ3) is 8.71. The SMILES string of the molecule is CCN1CCN(c2ncnc3scc(-c4cnc(F)c(C)c4)c23)CC1.O=C(O)C(F)(F)F.O=C(O)C(F)(F)F. The van der Waals surface area contributed by atoms with Gasteiger partial charge in [0, 0.05) is 54.4 Å². The Labute approximate surface area is 220 Å². The molecule has 0 amide bonds. The summed E-state index contributed by atoms with van der Waals surface area (Å²) in [6.07, 6.45) is -6.94. The molecule has 214 valence electrons. The molecule has 2 N–H and O–H groups in total. The highest BCUT2D eigenvalue weighted by Crippen LogP contribution is 2.38. The van der Waals surface area contributed by atoms with Gasteiger partial charge < -0.3 is 20.0 Å². The molecule has 1 saturated heterocycles. The minimum atomic E-state index is -5.08. The molecule has 4 rings (SSSR count). The minimum absolute atomic E-state index is 0.421. The van der Waals surface area contributed by atoms with Crippen LogP contribution >= 0.6 is 11.3 Å². The molecule has 39 heavy (non-hydrogen) atoms. The number of carboxylic acid groups (broad SMARTS) is 2. The number of fused-ring (bicyclic) bond motifs is 1. The molecule has 0 atom stereocenters. The first-order valence-corrected chi connectivity index (χ1v) is 11.9. The summed E-state index contributed by atoms with van der Waals surface area (Å²) in [6, 6.07) is 1.84. The second kappa shape index (κ2) is 13.0. The summed E-state index contributed by atoms with van der Waals surface area (Å²) in [5, 5.41) is 17.4. The average molecular weight is 586 g/mol. The number of rotatable bonds is 3. The number of likely N-dealkylation sites (N-methyl/N-ethyl adjacent to an activating group) is 1. The number of aromatic nitrogens is 3. The van der Waals surface area contributed by atoms with Crippen molar-refractivity contribution in [2.24, 2.45) is 0 Å². The number of carbonyl (C=O) groups is 2. The van der Waals surface area contributed by atoms with Crippen LogP contribution in [0.3, 0.4) is 0 Å². The maximum Gasteiger partial charge on any atom is 0.490 e. The zero-order valence-corrected chi connectivity index (χ0v) is 21.2. The lowest BCUT2D eigenvalue weighted by molar-refractivity contribution is -0.193. The number of thiophene rings is 1. The fraction of sp³-hybridized carbons (Fsp3) is 0.409. The van der Waals surface area contributed by atoms with Gasteiger partial charge in [0.05, 0.1) is 5.39 Å². The second-order valence-corrected chi connectivity index (χ2v) is 8.74. The zero-order valence-electron chi connectivity index (χ0n) is 20.3. The van der Waals surface area contributed by atoms with Crippen LogP contribution in [0.1, 0.15) is 12.5 Å². The van der Waals surface area contributed by atoms with Crippen molar-refractivity contribution in [3.8, 4) is 11.1 Å². The van der Waals surface area contributed by atoms with Crippen molar-refractivity contribution < 1.29 is 50.5 Å². The smallest absolute Gasteiger partial charge is 0.475 e. The Bertz CT molecular complexity index is 1270. The van der Waals surface area contributed by atoms with Gasteiger partial charge in [-0.15, -0.1) is 11.3 Å². The van der Waals surface area contributed by atoms with E-state index in [4.69, 9.17) is 19.8 Å². The quantitative estimate of drug-likeness (QED) is 0.336. The van der Waals surface area contributed by atoms with E-state index in [9.17, 15) is 30.7 Å². The number of hydrogen-bond acceptors (Lipinski definition) is 8. The van der Waals surface area contributed by atoms with E-state index >= 15 is 0 Å². The number of alkyl halides is 6. The lowest BCUT2D eigenvalue weighted by Gasteiger charge is -2.35. The highest BCUT2D eigenvalue weighted by atomic mass is 32.1. The summed E-state index contributed by atoms with van der Waals surface area (Å²) in [7, 11) is 0. The van der Waals surface area contributed by atoms with E-state index in [0.29, 0.717) is 5.56 Å². The van der Waals surface area contributed by atoms with E-state index in [-0.39, 0.29) is 0 Å². The first kappa shape index (κ1) is 31.6. The fourth-order valence-electron chi connectivity index (χ4n) is 3.29. The van der Waals surface area contributed by atoms with Crippen LogP contribution in [0.4, 0.5) is 36.6 Å². The Morgan fingerprint density at radius 1 is 0.974 bits per heavy atom. The van der Waals surface area contributed by atoms with Gasteiger partial charge in [0.25, 0.3) is 0 Å². The molecular weight excluding hydrogens is 563 g/mol. The predicted molar refractivity (Wildman–Crippen MR) is 127 cm³/mol.